The minimum atomic E-state index is -0.398. The molecular weight excluding hydrogens is 428 g/mol. The van der Waals surface area contributed by atoms with Gasteiger partial charge in [0, 0.05) is 39.8 Å². The molecule has 3 N–H and O–H groups in total. The number of aromatic nitrogens is 4. The van der Waals surface area contributed by atoms with E-state index in [4.69, 9.17) is 4.74 Å². The Morgan fingerprint density at radius 1 is 1.03 bits per heavy atom. The largest absolute Gasteiger partial charge is 0.508 e. The molecule has 1 saturated heterocycles. The molecule has 1 aliphatic rings. The molecule has 11 heteroatoms. The van der Waals surface area contributed by atoms with Crippen molar-refractivity contribution in [3.05, 3.63) is 44.6 Å². The Morgan fingerprint density at radius 2 is 1.73 bits per heavy atom. The quantitative estimate of drug-likeness (QED) is 0.400. The number of imidazole rings is 1. The zero-order valence-electron chi connectivity index (χ0n) is 19.0. The number of benzene rings is 1. The van der Waals surface area contributed by atoms with Crippen molar-refractivity contribution in [1.82, 2.24) is 24.0 Å². The van der Waals surface area contributed by atoms with Crippen LogP contribution in [0.4, 0.5) is 5.95 Å². The summed E-state index contributed by atoms with van der Waals surface area (Å²) in [7, 11) is 3.11. The van der Waals surface area contributed by atoms with Crippen molar-refractivity contribution in [2.45, 2.75) is 19.4 Å². The van der Waals surface area contributed by atoms with E-state index >= 15 is 0 Å². The lowest BCUT2D eigenvalue weighted by Gasteiger charge is -2.28. The second-order valence-corrected chi connectivity index (χ2v) is 8.25. The van der Waals surface area contributed by atoms with E-state index in [9.17, 15) is 19.8 Å². The van der Waals surface area contributed by atoms with E-state index in [2.05, 4.69) is 15.2 Å². The first-order valence-electron chi connectivity index (χ1n) is 11.1. The van der Waals surface area contributed by atoms with E-state index in [1.807, 2.05) is 4.57 Å². The van der Waals surface area contributed by atoms with Crippen LogP contribution in [0.25, 0.3) is 11.2 Å². The lowest BCUT2D eigenvalue weighted by atomic mass is 10.1. The first-order valence-corrected chi connectivity index (χ1v) is 11.1. The number of phenols is 2. The highest BCUT2D eigenvalue weighted by molar-refractivity contribution is 5.74. The van der Waals surface area contributed by atoms with Gasteiger partial charge in [-0.3, -0.25) is 13.9 Å². The van der Waals surface area contributed by atoms with Crippen LogP contribution in [0.2, 0.25) is 0 Å². The van der Waals surface area contributed by atoms with Gasteiger partial charge in [-0.2, -0.15) is 4.98 Å². The van der Waals surface area contributed by atoms with E-state index in [-0.39, 0.29) is 17.1 Å². The zero-order chi connectivity index (χ0) is 23.5. The molecule has 0 radical (unpaired) electrons. The molecule has 33 heavy (non-hydrogen) atoms. The van der Waals surface area contributed by atoms with Crippen molar-refractivity contribution < 1.29 is 14.9 Å². The summed E-state index contributed by atoms with van der Waals surface area (Å²) in [6.45, 7) is 4.48. The predicted molar refractivity (Wildman–Crippen MR) is 124 cm³/mol. The number of hydrogen-bond donors (Lipinski definition) is 3. The summed E-state index contributed by atoms with van der Waals surface area (Å²) in [6.07, 6.45) is 1.41. The van der Waals surface area contributed by atoms with E-state index < -0.39 is 5.69 Å². The number of rotatable bonds is 8. The van der Waals surface area contributed by atoms with Gasteiger partial charge < -0.3 is 29.7 Å². The average Bonchev–Trinajstić information content (AvgIpc) is 3.18. The van der Waals surface area contributed by atoms with Crippen LogP contribution in [0.3, 0.4) is 0 Å². The van der Waals surface area contributed by atoms with Crippen LogP contribution < -0.4 is 21.5 Å². The molecular formula is C22H30N6O5. The molecule has 0 saturated carbocycles. The third kappa shape index (κ3) is 4.74. The van der Waals surface area contributed by atoms with Crippen LogP contribution in [0, 0.1) is 0 Å². The lowest BCUT2D eigenvalue weighted by molar-refractivity contribution is 0.121. The van der Waals surface area contributed by atoms with Gasteiger partial charge in [-0.25, -0.2) is 4.79 Å². The van der Waals surface area contributed by atoms with Gasteiger partial charge in [0.1, 0.15) is 11.5 Å². The maximum atomic E-state index is 13.0. The normalized spacial score (nSPS) is 14.3. The van der Waals surface area contributed by atoms with E-state index in [0.717, 1.165) is 16.6 Å². The van der Waals surface area contributed by atoms with Gasteiger partial charge in [-0.05, 0) is 43.6 Å². The first kappa shape index (κ1) is 22.9. The maximum Gasteiger partial charge on any atom is 0.332 e. The fourth-order valence-corrected chi connectivity index (χ4v) is 4.17. The van der Waals surface area contributed by atoms with E-state index in [1.165, 1.54) is 17.7 Å². The van der Waals surface area contributed by atoms with Gasteiger partial charge in [-0.15, -0.1) is 0 Å². The fourth-order valence-electron chi connectivity index (χ4n) is 4.17. The van der Waals surface area contributed by atoms with Crippen molar-refractivity contribution in [2.24, 2.45) is 14.1 Å². The van der Waals surface area contributed by atoms with Gasteiger partial charge in [0.15, 0.2) is 11.2 Å². The summed E-state index contributed by atoms with van der Waals surface area (Å²) in [5.74, 6) is 0.772. The molecule has 0 amide bonds. The number of aryl methyl sites for hydroxylation is 2. The van der Waals surface area contributed by atoms with Crippen LogP contribution in [0.15, 0.2) is 27.8 Å². The number of anilines is 1. The van der Waals surface area contributed by atoms with Gasteiger partial charge in [0.25, 0.3) is 5.56 Å². The number of hydrogen-bond acceptors (Lipinski definition) is 8. The summed E-state index contributed by atoms with van der Waals surface area (Å²) >= 11 is 0. The van der Waals surface area contributed by atoms with Crippen molar-refractivity contribution in [3.8, 4) is 11.5 Å². The van der Waals surface area contributed by atoms with Crippen molar-refractivity contribution in [1.29, 1.82) is 0 Å². The highest BCUT2D eigenvalue weighted by Crippen LogP contribution is 2.22. The number of phenolic OH excluding ortho intramolecular Hbond substituents is 2. The van der Waals surface area contributed by atoms with E-state index in [1.54, 1.807) is 19.2 Å². The first-order chi connectivity index (χ1) is 15.9. The number of ether oxygens (including phenoxy) is 1. The number of aromatic hydroxyl groups is 2. The van der Waals surface area contributed by atoms with Crippen LogP contribution in [-0.4, -0.2) is 68.3 Å². The molecule has 0 aliphatic carbocycles. The van der Waals surface area contributed by atoms with Crippen molar-refractivity contribution in [2.75, 3.05) is 44.3 Å². The molecule has 0 spiro atoms. The highest BCUT2D eigenvalue weighted by atomic mass is 16.5. The summed E-state index contributed by atoms with van der Waals surface area (Å²) in [5.41, 5.74) is 0.916. The van der Waals surface area contributed by atoms with Crippen LogP contribution in [0.1, 0.15) is 12.0 Å². The second kappa shape index (κ2) is 9.67. The van der Waals surface area contributed by atoms with Gasteiger partial charge in [0.2, 0.25) is 5.95 Å². The van der Waals surface area contributed by atoms with Crippen molar-refractivity contribution in [3.63, 3.8) is 0 Å². The lowest BCUT2D eigenvalue weighted by Crippen LogP contribution is -2.39. The molecule has 3 heterocycles. The molecule has 4 rings (SSSR count). The Labute approximate surface area is 190 Å². The molecule has 1 fully saturated rings. The third-order valence-electron chi connectivity index (χ3n) is 5.91. The predicted octanol–water partition coefficient (Wildman–Crippen LogP) is -0.0961. The zero-order valence-corrected chi connectivity index (χ0v) is 19.0. The molecule has 1 aromatic carbocycles. The maximum absolute atomic E-state index is 13.0. The van der Waals surface area contributed by atoms with Crippen LogP contribution in [0.5, 0.6) is 11.5 Å². The Balaban J connectivity index is 1.48. The molecule has 11 nitrogen and oxygen atoms in total. The average molecular weight is 459 g/mol. The number of morpholine rings is 1. The number of nitrogens with zero attached hydrogens (tertiary/aromatic N) is 5. The topological polar surface area (TPSA) is 127 Å². The molecule has 0 unspecified atom stereocenters. The van der Waals surface area contributed by atoms with Gasteiger partial charge in [-0.1, -0.05) is 0 Å². The monoisotopic (exact) mass is 458 g/mol. The Kier molecular flexibility index (Phi) is 6.70. The molecule has 178 valence electrons. The fraction of sp³-hybridized carbons (Fsp3) is 0.500. The van der Waals surface area contributed by atoms with Crippen LogP contribution in [-0.2, 0) is 31.8 Å². The smallest absolute Gasteiger partial charge is 0.332 e. The standard InChI is InChI=1S/C22H30N6O5/c1-25-19-18(20(31)26(2)22(25)32)28(21(24-19)27-8-10-33-11-9-27)7-3-5-23-6-4-15-12-16(29)14-17(30)13-15/h12-14,23,29-30H,3-11H2,1-2H3. The van der Waals surface area contributed by atoms with E-state index in [0.29, 0.717) is 69.5 Å². The van der Waals surface area contributed by atoms with Crippen LogP contribution >= 0.6 is 0 Å². The second-order valence-electron chi connectivity index (χ2n) is 8.25. The van der Waals surface area contributed by atoms with Gasteiger partial charge in [0.05, 0.1) is 13.2 Å². The minimum absolute atomic E-state index is 0.0450. The minimum Gasteiger partial charge on any atom is -0.508 e. The number of fused-ring (bicyclic) bond motifs is 1. The summed E-state index contributed by atoms with van der Waals surface area (Å²) < 4.78 is 9.90. The SMILES string of the molecule is Cn1c(=O)c2c(nc(N3CCOCC3)n2CCCNCCc2cc(O)cc(O)c2)n(C)c1=O. The summed E-state index contributed by atoms with van der Waals surface area (Å²) in [5, 5.41) is 22.5. The summed E-state index contributed by atoms with van der Waals surface area (Å²) in [4.78, 5) is 32.1. The molecule has 0 bridgehead atoms. The Morgan fingerprint density at radius 3 is 2.42 bits per heavy atom. The molecule has 0 atom stereocenters. The van der Waals surface area contributed by atoms with Gasteiger partial charge >= 0.3 is 5.69 Å². The number of nitrogens with one attached hydrogen (secondary N) is 1. The highest BCUT2D eigenvalue weighted by Gasteiger charge is 2.23. The molecule has 2 aromatic heterocycles. The Hall–Kier alpha value is -3.31. The molecule has 1 aliphatic heterocycles. The van der Waals surface area contributed by atoms with Crippen molar-refractivity contribution >= 4 is 17.1 Å². The third-order valence-corrected chi connectivity index (χ3v) is 5.91. The molecule has 3 aromatic rings. The Bertz CT molecular complexity index is 1230. The summed E-state index contributed by atoms with van der Waals surface area (Å²) in [6, 6.07) is 4.57.